The van der Waals surface area contributed by atoms with Gasteiger partial charge in [-0.15, -0.1) is 10.2 Å². The van der Waals surface area contributed by atoms with Gasteiger partial charge in [0.15, 0.2) is 5.82 Å². The average Bonchev–Trinajstić information content (AvgIpc) is 2.49. The fourth-order valence-electron chi connectivity index (χ4n) is 0.799. The number of tetrazole rings is 1. The highest BCUT2D eigenvalue weighted by Gasteiger charge is 1.97. The van der Waals surface area contributed by atoms with Gasteiger partial charge in [-0.3, -0.25) is 4.79 Å². The monoisotopic (exact) mass is 169 g/mol. The van der Waals surface area contributed by atoms with Crippen molar-refractivity contribution in [2.45, 2.75) is 19.8 Å². The number of amides is 1. The predicted octanol–water partition coefficient (Wildman–Crippen LogP) is -0.732. The lowest BCUT2D eigenvalue weighted by Gasteiger charge is -1.97. The first-order valence-electron chi connectivity index (χ1n) is 3.76. The van der Waals surface area contributed by atoms with Gasteiger partial charge in [0.25, 0.3) is 0 Å². The van der Waals surface area contributed by atoms with Gasteiger partial charge in [0, 0.05) is 19.9 Å². The second-order valence-corrected chi connectivity index (χ2v) is 2.41. The van der Waals surface area contributed by atoms with Crippen LogP contribution in [0.1, 0.15) is 19.2 Å². The minimum absolute atomic E-state index is 0.0110. The van der Waals surface area contributed by atoms with Crippen LogP contribution in [0.4, 0.5) is 0 Å². The van der Waals surface area contributed by atoms with Crippen LogP contribution in [0.5, 0.6) is 0 Å². The van der Waals surface area contributed by atoms with Crippen molar-refractivity contribution in [1.82, 2.24) is 25.9 Å². The van der Waals surface area contributed by atoms with E-state index >= 15 is 0 Å². The smallest absolute Gasteiger partial charge is 0.216 e. The maximum Gasteiger partial charge on any atom is 0.216 e. The van der Waals surface area contributed by atoms with Crippen LogP contribution >= 0.6 is 0 Å². The molecule has 0 fully saturated rings. The van der Waals surface area contributed by atoms with E-state index in [0.717, 1.165) is 12.8 Å². The zero-order valence-corrected chi connectivity index (χ0v) is 6.87. The lowest BCUT2D eigenvalue weighted by Crippen LogP contribution is -2.21. The van der Waals surface area contributed by atoms with Crippen LogP contribution in [-0.4, -0.2) is 33.1 Å². The number of hydrogen-bond donors (Lipinski definition) is 2. The number of aryl methyl sites for hydroxylation is 1. The SMILES string of the molecule is CC(=O)NCCCc1nn[nH]n1. The Labute approximate surface area is 69.7 Å². The van der Waals surface area contributed by atoms with Crippen molar-refractivity contribution in [1.29, 1.82) is 0 Å². The molecule has 66 valence electrons. The summed E-state index contributed by atoms with van der Waals surface area (Å²) in [5, 5.41) is 16.0. The lowest BCUT2D eigenvalue weighted by molar-refractivity contribution is -0.118. The minimum Gasteiger partial charge on any atom is -0.356 e. The molecule has 0 saturated carbocycles. The summed E-state index contributed by atoms with van der Waals surface area (Å²) in [5.74, 6) is 0.670. The molecular weight excluding hydrogens is 158 g/mol. The number of hydrogen-bond acceptors (Lipinski definition) is 4. The van der Waals surface area contributed by atoms with Crippen molar-refractivity contribution < 1.29 is 4.79 Å². The molecule has 1 amide bonds. The summed E-state index contributed by atoms with van der Waals surface area (Å²) >= 11 is 0. The zero-order valence-electron chi connectivity index (χ0n) is 6.87. The average molecular weight is 169 g/mol. The predicted molar refractivity (Wildman–Crippen MR) is 41.2 cm³/mol. The number of aromatic nitrogens is 4. The van der Waals surface area contributed by atoms with E-state index in [4.69, 9.17) is 0 Å². The molecular formula is C6H11N5O. The molecule has 0 aliphatic rings. The van der Waals surface area contributed by atoms with Crippen molar-refractivity contribution in [2.75, 3.05) is 6.54 Å². The first-order valence-corrected chi connectivity index (χ1v) is 3.76. The van der Waals surface area contributed by atoms with E-state index in [1.54, 1.807) is 0 Å². The maximum absolute atomic E-state index is 10.4. The van der Waals surface area contributed by atoms with Gasteiger partial charge in [-0.1, -0.05) is 5.21 Å². The Morgan fingerprint density at radius 1 is 1.67 bits per heavy atom. The van der Waals surface area contributed by atoms with Crippen LogP contribution in [0.2, 0.25) is 0 Å². The Hall–Kier alpha value is -1.46. The standard InChI is InChI=1S/C6H11N5O/c1-5(12)7-4-2-3-6-8-10-11-9-6/h2-4H2,1H3,(H,7,12)(H,8,9,10,11). The van der Waals surface area contributed by atoms with Crippen LogP contribution < -0.4 is 5.32 Å². The summed E-state index contributed by atoms with van der Waals surface area (Å²) in [4.78, 5) is 10.4. The molecule has 0 bridgehead atoms. The van der Waals surface area contributed by atoms with E-state index in [1.165, 1.54) is 6.92 Å². The summed E-state index contributed by atoms with van der Waals surface area (Å²) in [5.41, 5.74) is 0. The van der Waals surface area contributed by atoms with Crippen LogP contribution in [0.25, 0.3) is 0 Å². The van der Waals surface area contributed by atoms with Crippen LogP contribution in [0.3, 0.4) is 0 Å². The molecule has 1 aromatic rings. The first kappa shape index (κ1) is 8.63. The van der Waals surface area contributed by atoms with Crippen molar-refractivity contribution in [3.63, 3.8) is 0 Å². The highest BCUT2D eigenvalue weighted by atomic mass is 16.1. The second-order valence-electron chi connectivity index (χ2n) is 2.41. The summed E-state index contributed by atoms with van der Waals surface area (Å²) in [6, 6.07) is 0. The molecule has 1 rings (SSSR count). The molecule has 1 heterocycles. The van der Waals surface area contributed by atoms with Gasteiger partial charge < -0.3 is 5.32 Å². The number of carbonyl (C=O) groups excluding carboxylic acids is 1. The molecule has 0 atom stereocenters. The highest BCUT2D eigenvalue weighted by molar-refractivity contribution is 5.72. The normalized spacial score (nSPS) is 9.75. The third-order valence-corrected chi connectivity index (χ3v) is 1.34. The summed E-state index contributed by atoms with van der Waals surface area (Å²) in [6.07, 6.45) is 1.57. The van der Waals surface area contributed by atoms with Gasteiger partial charge in [-0.2, -0.15) is 5.21 Å². The molecule has 0 unspecified atom stereocenters. The molecule has 0 saturated heterocycles. The molecule has 1 aromatic heterocycles. The number of aromatic amines is 1. The summed E-state index contributed by atoms with van der Waals surface area (Å²) in [7, 11) is 0. The maximum atomic E-state index is 10.4. The van der Waals surface area contributed by atoms with Gasteiger partial charge in [0.2, 0.25) is 5.91 Å². The first-order chi connectivity index (χ1) is 5.79. The lowest BCUT2D eigenvalue weighted by atomic mass is 10.3. The minimum atomic E-state index is -0.0110. The Bertz CT molecular complexity index is 232. The van der Waals surface area contributed by atoms with Gasteiger partial charge >= 0.3 is 0 Å². The van der Waals surface area contributed by atoms with Crippen molar-refractivity contribution in [3.8, 4) is 0 Å². The van der Waals surface area contributed by atoms with Crippen LogP contribution in [0.15, 0.2) is 0 Å². The topological polar surface area (TPSA) is 83.6 Å². The molecule has 2 N–H and O–H groups in total. The number of rotatable bonds is 4. The van der Waals surface area contributed by atoms with E-state index in [0.29, 0.717) is 12.4 Å². The largest absolute Gasteiger partial charge is 0.356 e. The number of H-pyrrole nitrogens is 1. The van der Waals surface area contributed by atoms with Gasteiger partial charge in [-0.25, -0.2) is 0 Å². The van der Waals surface area contributed by atoms with E-state index < -0.39 is 0 Å². The van der Waals surface area contributed by atoms with Gasteiger partial charge in [0.05, 0.1) is 0 Å². The Kier molecular flexibility index (Phi) is 3.18. The molecule has 6 nitrogen and oxygen atoms in total. The van der Waals surface area contributed by atoms with E-state index in [1.807, 2.05) is 0 Å². The van der Waals surface area contributed by atoms with Crippen molar-refractivity contribution in [3.05, 3.63) is 5.82 Å². The Balaban J connectivity index is 2.07. The summed E-state index contributed by atoms with van der Waals surface area (Å²) < 4.78 is 0. The number of nitrogens with one attached hydrogen (secondary N) is 2. The molecule has 0 spiro atoms. The molecule has 12 heavy (non-hydrogen) atoms. The third-order valence-electron chi connectivity index (χ3n) is 1.34. The molecule has 6 heteroatoms. The van der Waals surface area contributed by atoms with Crippen LogP contribution in [0, 0.1) is 0 Å². The number of carbonyl (C=O) groups is 1. The Morgan fingerprint density at radius 2 is 2.50 bits per heavy atom. The molecule has 0 radical (unpaired) electrons. The zero-order chi connectivity index (χ0) is 8.81. The second kappa shape index (κ2) is 4.42. The molecule has 0 aliphatic carbocycles. The van der Waals surface area contributed by atoms with E-state index in [-0.39, 0.29) is 5.91 Å². The highest BCUT2D eigenvalue weighted by Crippen LogP contribution is 1.89. The van der Waals surface area contributed by atoms with Crippen molar-refractivity contribution >= 4 is 5.91 Å². The fourth-order valence-corrected chi connectivity index (χ4v) is 0.799. The van der Waals surface area contributed by atoms with E-state index in [2.05, 4.69) is 25.9 Å². The van der Waals surface area contributed by atoms with Gasteiger partial charge in [0.1, 0.15) is 0 Å². The Morgan fingerprint density at radius 3 is 3.08 bits per heavy atom. The quantitative estimate of drug-likeness (QED) is 0.582. The number of nitrogens with zero attached hydrogens (tertiary/aromatic N) is 3. The van der Waals surface area contributed by atoms with Crippen molar-refractivity contribution in [2.24, 2.45) is 0 Å². The van der Waals surface area contributed by atoms with E-state index in [9.17, 15) is 4.79 Å². The third kappa shape index (κ3) is 3.09. The molecule has 0 aliphatic heterocycles. The summed E-state index contributed by atoms with van der Waals surface area (Å²) in [6.45, 7) is 2.15. The molecule has 0 aromatic carbocycles. The fraction of sp³-hybridized carbons (Fsp3) is 0.667. The van der Waals surface area contributed by atoms with Crippen LogP contribution in [-0.2, 0) is 11.2 Å². The van der Waals surface area contributed by atoms with Gasteiger partial charge in [-0.05, 0) is 6.42 Å².